The fraction of sp³-hybridized carbons (Fsp3) is 0.571. The van der Waals surface area contributed by atoms with Gasteiger partial charge in [-0.1, -0.05) is 19.1 Å². The summed E-state index contributed by atoms with van der Waals surface area (Å²) < 4.78 is 0. The third kappa shape index (κ3) is 1.05. The highest BCUT2D eigenvalue weighted by Crippen LogP contribution is 2.20. The van der Waals surface area contributed by atoms with Gasteiger partial charge in [0.05, 0.1) is 0 Å². The lowest BCUT2D eigenvalue weighted by atomic mass is 9.91. The third-order valence-electron chi connectivity index (χ3n) is 1.39. The predicted molar refractivity (Wildman–Crippen MR) is 31.8 cm³/mol. The number of hydrogen-bond donors (Lipinski definition) is 0. The van der Waals surface area contributed by atoms with Crippen LogP contribution in [0.5, 0.6) is 0 Å². The molecule has 0 aliphatic heterocycles. The van der Waals surface area contributed by atoms with E-state index in [0.29, 0.717) is 0 Å². The van der Waals surface area contributed by atoms with E-state index in [2.05, 4.69) is 25.5 Å². The zero-order valence-electron chi connectivity index (χ0n) is 4.72. The van der Waals surface area contributed by atoms with E-state index in [4.69, 9.17) is 0 Å². The third-order valence-corrected chi connectivity index (χ3v) is 1.39. The Morgan fingerprint density at radius 3 is 2.71 bits per heavy atom. The van der Waals surface area contributed by atoms with Crippen LogP contribution in [0.15, 0.2) is 12.2 Å². The summed E-state index contributed by atoms with van der Waals surface area (Å²) in [6.07, 6.45) is 9.32. The van der Waals surface area contributed by atoms with Crippen LogP contribution >= 0.6 is 0 Å². The first kappa shape index (κ1) is 4.89. The Morgan fingerprint density at radius 1 is 1.86 bits per heavy atom. The van der Waals surface area contributed by atoms with Crippen molar-refractivity contribution in [3.05, 3.63) is 18.6 Å². The molecule has 0 heterocycles. The normalized spacial score (nSPS) is 27.3. The number of allylic oxidation sites excluding steroid dienone is 2. The van der Waals surface area contributed by atoms with Crippen molar-refractivity contribution in [2.75, 3.05) is 0 Å². The van der Waals surface area contributed by atoms with Gasteiger partial charge in [-0.15, -0.1) is 0 Å². The quantitative estimate of drug-likeness (QED) is 0.461. The Balaban J connectivity index is 2.06. The van der Waals surface area contributed by atoms with Gasteiger partial charge in [-0.05, 0) is 25.2 Å². The maximum Gasteiger partial charge on any atom is -0.0196 e. The zero-order valence-corrected chi connectivity index (χ0v) is 4.72. The molecule has 0 saturated carbocycles. The molecular weight excluding hydrogens is 84.1 g/mol. The van der Waals surface area contributed by atoms with E-state index in [0.717, 1.165) is 5.92 Å². The average molecular weight is 95.2 g/mol. The topological polar surface area (TPSA) is 0 Å². The van der Waals surface area contributed by atoms with Crippen LogP contribution in [-0.4, -0.2) is 0 Å². The first-order valence-corrected chi connectivity index (χ1v) is 2.88. The number of hydrogen-bond acceptors (Lipinski definition) is 0. The van der Waals surface area contributed by atoms with Gasteiger partial charge < -0.3 is 0 Å². The highest BCUT2D eigenvalue weighted by atomic mass is 14.1. The van der Waals surface area contributed by atoms with Crippen LogP contribution in [0.2, 0.25) is 0 Å². The molecule has 0 aromatic carbocycles. The predicted octanol–water partition coefficient (Wildman–Crippen LogP) is 2.18. The Labute approximate surface area is 45.2 Å². The van der Waals surface area contributed by atoms with Crippen molar-refractivity contribution in [3.8, 4) is 0 Å². The summed E-state index contributed by atoms with van der Waals surface area (Å²) in [5.41, 5.74) is 0. The summed E-state index contributed by atoms with van der Waals surface area (Å²) in [6.45, 7) is 2.12. The largest absolute Gasteiger partial charge is 0.0877 e. The van der Waals surface area contributed by atoms with Crippen LogP contribution in [0, 0.1) is 12.3 Å². The fourth-order valence-electron chi connectivity index (χ4n) is 0.806. The molecule has 0 amide bonds. The Kier molecular flexibility index (Phi) is 1.50. The molecule has 0 spiro atoms. The molecule has 1 atom stereocenters. The van der Waals surface area contributed by atoms with E-state index in [1.54, 1.807) is 0 Å². The van der Waals surface area contributed by atoms with Crippen LogP contribution in [0.4, 0.5) is 0 Å². The molecule has 7 heavy (non-hydrogen) atoms. The molecule has 0 nitrogen and oxygen atoms in total. The Morgan fingerprint density at radius 2 is 2.57 bits per heavy atom. The van der Waals surface area contributed by atoms with Crippen LogP contribution in [0.3, 0.4) is 0 Å². The van der Waals surface area contributed by atoms with Gasteiger partial charge in [-0.2, -0.15) is 0 Å². The van der Waals surface area contributed by atoms with Crippen molar-refractivity contribution in [1.82, 2.24) is 0 Å². The molecule has 1 aliphatic rings. The smallest absolute Gasteiger partial charge is 0.0196 e. The Bertz CT molecular complexity index is 72.1. The molecule has 1 radical (unpaired) electrons. The van der Waals surface area contributed by atoms with E-state index >= 15 is 0 Å². The lowest BCUT2D eigenvalue weighted by Gasteiger charge is -2.14. The van der Waals surface area contributed by atoms with Crippen molar-refractivity contribution >= 4 is 0 Å². The van der Waals surface area contributed by atoms with Crippen molar-refractivity contribution < 1.29 is 0 Å². The second-order valence-electron chi connectivity index (χ2n) is 2.07. The molecule has 39 valence electrons. The van der Waals surface area contributed by atoms with Gasteiger partial charge >= 0.3 is 0 Å². The summed E-state index contributed by atoms with van der Waals surface area (Å²) in [4.78, 5) is 0. The molecule has 0 aromatic rings. The fourth-order valence-corrected chi connectivity index (χ4v) is 0.806. The minimum Gasteiger partial charge on any atom is -0.0877 e. The second kappa shape index (κ2) is 2.15. The average Bonchev–Trinajstić information content (AvgIpc) is 1.55. The molecule has 0 aromatic heterocycles. The van der Waals surface area contributed by atoms with E-state index < -0.39 is 0 Å². The monoisotopic (exact) mass is 95.1 g/mol. The maximum atomic E-state index is 2.28. The molecule has 0 saturated heterocycles. The zero-order chi connectivity index (χ0) is 5.11. The van der Waals surface area contributed by atoms with E-state index in [1.165, 1.54) is 12.8 Å². The summed E-state index contributed by atoms with van der Waals surface area (Å²) in [6, 6.07) is 0. The van der Waals surface area contributed by atoms with Gasteiger partial charge in [0, 0.05) is 0 Å². The van der Waals surface area contributed by atoms with Crippen LogP contribution < -0.4 is 0 Å². The van der Waals surface area contributed by atoms with Crippen LogP contribution in [-0.2, 0) is 0 Å². The van der Waals surface area contributed by atoms with Gasteiger partial charge in [-0.25, -0.2) is 0 Å². The highest BCUT2D eigenvalue weighted by Gasteiger charge is 2.06. The van der Waals surface area contributed by atoms with Crippen molar-refractivity contribution in [1.29, 1.82) is 0 Å². The van der Waals surface area contributed by atoms with Gasteiger partial charge in [0.15, 0.2) is 0 Å². The van der Waals surface area contributed by atoms with Gasteiger partial charge in [0.1, 0.15) is 0 Å². The van der Waals surface area contributed by atoms with E-state index in [-0.39, 0.29) is 0 Å². The molecule has 0 N–H and O–H groups in total. The van der Waals surface area contributed by atoms with Crippen molar-refractivity contribution in [3.63, 3.8) is 0 Å². The minimum absolute atomic E-state index is 0.894. The SMILES string of the molecule is C[CH]CC1C=CC1. The highest BCUT2D eigenvalue weighted by molar-refractivity contribution is 5.02. The molecule has 0 fully saturated rings. The van der Waals surface area contributed by atoms with Crippen LogP contribution in [0.1, 0.15) is 19.8 Å². The Hall–Kier alpha value is -0.260. The standard InChI is InChI=1S/C7H11/c1-2-4-7-5-3-6-7/h2-3,5,7H,4,6H2,1H3. The first-order chi connectivity index (χ1) is 3.43. The van der Waals surface area contributed by atoms with Crippen molar-refractivity contribution in [2.24, 2.45) is 5.92 Å². The molecule has 1 rings (SSSR count). The van der Waals surface area contributed by atoms with E-state index in [9.17, 15) is 0 Å². The lowest BCUT2D eigenvalue weighted by Crippen LogP contribution is -2.01. The van der Waals surface area contributed by atoms with Crippen LogP contribution in [0.25, 0.3) is 0 Å². The van der Waals surface area contributed by atoms with Gasteiger partial charge in [0.2, 0.25) is 0 Å². The van der Waals surface area contributed by atoms with Crippen molar-refractivity contribution in [2.45, 2.75) is 19.8 Å². The first-order valence-electron chi connectivity index (χ1n) is 2.88. The minimum atomic E-state index is 0.894. The second-order valence-corrected chi connectivity index (χ2v) is 2.07. The molecule has 1 unspecified atom stereocenters. The number of rotatable bonds is 2. The lowest BCUT2D eigenvalue weighted by molar-refractivity contribution is 0.601. The maximum absolute atomic E-state index is 2.28. The summed E-state index contributed by atoms with van der Waals surface area (Å²) in [7, 11) is 0. The van der Waals surface area contributed by atoms with Gasteiger partial charge in [0.25, 0.3) is 0 Å². The summed E-state index contributed by atoms with van der Waals surface area (Å²) >= 11 is 0. The molecule has 0 bridgehead atoms. The van der Waals surface area contributed by atoms with Gasteiger partial charge in [-0.3, -0.25) is 0 Å². The summed E-state index contributed by atoms with van der Waals surface area (Å²) in [5.74, 6) is 0.894. The summed E-state index contributed by atoms with van der Waals surface area (Å²) in [5, 5.41) is 0. The molecule has 0 heteroatoms. The molecule has 1 aliphatic carbocycles. The molecular formula is C7H11. The van der Waals surface area contributed by atoms with E-state index in [1.807, 2.05) is 0 Å².